The van der Waals surface area contributed by atoms with Crippen molar-refractivity contribution < 1.29 is 4.79 Å². The van der Waals surface area contributed by atoms with Crippen LogP contribution < -0.4 is 5.73 Å². The lowest BCUT2D eigenvalue weighted by atomic mass is 9.94. The average molecular weight is 285 g/mol. The Labute approximate surface area is 125 Å². The lowest BCUT2D eigenvalue weighted by Crippen LogP contribution is -2.54. The van der Waals surface area contributed by atoms with Gasteiger partial charge in [-0.1, -0.05) is 31.5 Å². The number of aromatic amines is 1. The Morgan fingerprint density at radius 3 is 2.95 bits per heavy atom. The van der Waals surface area contributed by atoms with E-state index in [-0.39, 0.29) is 5.91 Å². The molecule has 3 N–H and O–H groups in total. The number of nitrogens with zero attached hydrogens (tertiary/aromatic N) is 1. The molecule has 1 aliphatic rings. The monoisotopic (exact) mass is 285 g/mol. The Kier molecular flexibility index (Phi) is 3.49. The van der Waals surface area contributed by atoms with Crippen LogP contribution in [0.15, 0.2) is 24.3 Å². The molecule has 0 bridgehead atoms. The topological polar surface area (TPSA) is 62.1 Å². The Hall–Kier alpha value is -1.81. The van der Waals surface area contributed by atoms with E-state index >= 15 is 0 Å². The number of H-pyrrole nitrogens is 1. The van der Waals surface area contributed by atoms with Crippen molar-refractivity contribution in [1.29, 1.82) is 0 Å². The summed E-state index contributed by atoms with van der Waals surface area (Å²) in [5, 5.41) is 1.22. The van der Waals surface area contributed by atoms with Crippen LogP contribution in [0.25, 0.3) is 10.9 Å². The number of carbonyl (C=O) groups is 1. The summed E-state index contributed by atoms with van der Waals surface area (Å²) in [6.45, 7) is 5.32. The van der Waals surface area contributed by atoms with Crippen LogP contribution in [0.4, 0.5) is 0 Å². The zero-order valence-corrected chi connectivity index (χ0v) is 12.8. The van der Waals surface area contributed by atoms with Gasteiger partial charge in [-0.15, -0.1) is 0 Å². The summed E-state index contributed by atoms with van der Waals surface area (Å²) in [6.07, 6.45) is 2.52. The molecule has 0 saturated carbocycles. The molecule has 1 aromatic carbocycles. The molecule has 1 aromatic heterocycles. The van der Waals surface area contributed by atoms with Gasteiger partial charge in [0.05, 0.1) is 5.54 Å². The first kappa shape index (κ1) is 14.1. The molecular formula is C17H23N3O. The largest absolute Gasteiger partial charge is 0.358 e. The van der Waals surface area contributed by atoms with Gasteiger partial charge in [0.1, 0.15) is 0 Å². The molecule has 0 radical (unpaired) electrons. The van der Waals surface area contributed by atoms with Gasteiger partial charge in [-0.2, -0.15) is 0 Å². The number of aromatic nitrogens is 1. The maximum absolute atomic E-state index is 12.7. The molecule has 1 unspecified atom stereocenters. The van der Waals surface area contributed by atoms with E-state index < -0.39 is 5.54 Å². The highest BCUT2D eigenvalue weighted by atomic mass is 16.2. The van der Waals surface area contributed by atoms with E-state index in [1.165, 1.54) is 16.6 Å². The van der Waals surface area contributed by atoms with Crippen LogP contribution in [0.1, 0.15) is 37.9 Å². The van der Waals surface area contributed by atoms with Crippen LogP contribution in [-0.4, -0.2) is 27.9 Å². The van der Waals surface area contributed by atoms with E-state index in [1.807, 2.05) is 24.0 Å². The molecule has 4 nitrogen and oxygen atoms in total. The summed E-state index contributed by atoms with van der Waals surface area (Å²) in [4.78, 5) is 18.1. The fourth-order valence-electron chi connectivity index (χ4n) is 3.33. The highest BCUT2D eigenvalue weighted by Crippen LogP contribution is 2.28. The normalized spacial score (nSPS) is 17.6. The number of hydrogen-bond donors (Lipinski definition) is 2. The summed E-state index contributed by atoms with van der Waals surface area (Å²) in [5.74, 6) is 0.0697. The predicted octanol–water partition coefficient (Wildman–Crippen LogP) is 2.57. The minimum Gasteiger partial charge on any atom is -0.358 e. The van der Waals surface area contributed by atoms with Gasteiger partial charge in [0, 0.05) is 41.7 Å². The van der Waals surface area contributed by atoms with Gasteiger partial charge in [-0.3, -0.25) is 4.79 Å². The molecular weight excluding hydrogens is 262 g/mol. The van der Waals surface area contributed by atoms with Crippen molar-refractivity contribution in [3.63, 3.8) is 0 Å². The second-order valence-corrected chi connectivity index (χ2v) is 6.27. The Bertz CT molecular complexity index is 672. The van der Waals surface area contributed by atoms with Crippen LogP contribution in [0.3, 0.4) is 0 Å². The van der Waals surface area contributed by atoms with E-state index in [4.69, 9.17) is 5.73 Å². The Morgan fingerprint density at radius 1 is 1.43 bits per heavy atom. The summed E-state index contributed by atoms with van der Waals surface area (Å²) in [7, 11) is 0. The van der Waals surface area contributed by atoms with E-state index in [0.29, 0.717) is 6.54 Å². The molecule has 4 heteroatoms. The number of amides is 1. The van der Waals surface area contributed by atoms with Crippen molar-refractivity contribution in [1.82, 2.24) is 9.88 Å². The summed E-state index contributed by atoms with van der Waals surface area (Å²) in [5.41, 5.74) is 9.12. The molecule has 0 spiro atoms. The van der Waals surface area contributed by atoms with Crippen LogP contribution in [0, 0.1) is 0 Å². The summed E-state index contributed by atoms with van der Waals surface area (Å²) < 4.78 is 0. The van der Waals surface area contributed by atoms with Crippen molar-refractivity contribution in [2.45, 2.75) is 45.2 Å². The molecule has 0 fully saturated rings. The van der Waals surface area contributed by atoms with Crippen molar-refractivity contribution in [3.8, 4) is 0 Å². The van der Waals surface area contributed by atoms with Crippen LogP contribution >= 0.6 is 0 Å². The van der Waals surface area contributed by atoms with Gasteiger partial charge in [0.2, 0.25) is 5.91 Å². The molecule has 2 heterocycles. The van der Waals surface area contributed by atoms with Crippen LogP contribution in [0.5, 0.6) is 0 Å². The lowest BCUT2D eigenvalue weighted by molar-refractivity contribution is -0.137. The first-order valence-electron chi connectivity index (χ1n) is 7.69. The summed E-state index contributed by atoms with van der Waals surface area (Å²) >= 11 is 0. The van der Waals surface area contributed by atoms with Crippen molar-refractivity contribution in [2.75, 3.05) is 6.54 Å². The molecule has 1 amide bonds. The number of fused-ring (bicyclic) bond motifs is 3. The SMILES string of the molecule is CCCC(C)(N)C(=O)N1CCc2[nH]c3ccccc3c2C1. The second-order valence-electron chi connectivity index (χ2n) is 6.27. The number of hydrogen-bond acceptors (Lipinski definition) is 2. The highest BCUT2D eigenvalue weighted by Gasteiger charge is 2.34. The molecule has 1 aliphatic heterocycles. The Morgan fingerprint density at radius 2 is 2.19 bits per heavy atom. The van der Waals surface area contributed by atoms with Crippen LogP contribution in [-0.2, 0) is 17.8 Å². The van der Waals surface area contributed by atoms with Gasteiger partial charge in [0.25, 0.3) is 0 Å². The predicted molar refractivity (Wildman–Crippen MR) is 84.9 cm³/mol. The number of benzene rings is 1. The number of carbonyl (C=O) groups excluding carboxylic acids is 1. The zero-order valence-electron chi connectivity index (χ0n) is 12.8. The number of para-hydroxylation sites is 1. The highest BCUT2D eigenvalue weighted by molar-refractivity contribution is 5.88. The van der Waals surface area contributed by atoms with Gasteiger partial charge >= 0.3 is 0 Å². The second kappa shape index (κ2) is 5.19. The lowest BCUT2D eigenvalue weighted by Gasteiger charge is -2.34. The van der Waals surface area contributed by atoms with Gasteiger partial charge in [-0.25, -0.2) is 0 Å². The van der Waals surface area contributed by atoms with Crippen LogP contribution in [0.2, 0.25) is 0 Å². The average Bonchev–Trinajstić information content (AvgIpc) is 2.84. The maximum atomic E-state index is 12.7. The third-order valence-electron chi connectivity index (χ3n) is 4.43. The standard InChI is InChI=1S/C17H23N3O/c1-3-9-17(2,18)16(21)20-10-8-15-13(11-20)12-6-4-5-7-14(12)19-15/h4-7,19H,3,8-11,18H2,1-2H3. The fourth-order valence-corrected chi connectivity index (χ4v) is 3.33. The third-order valence-corrected chi connectivity index (χ3v) is 4.43. The quantitative estimate of drug-likeness (QED) is 0.910. The molecule has 0 aliphatic carbocycles. The Balaban J connectivity index is 1.89. The van der Waals surface area contributed by atoms with E-state index in [0.717, 1.165) is 31.3 Å². The van der Waals surface area contributed by atoms with E-state index in [9.17, 15) is 4.79 Å². The number of rotatable bonds is 3. The molecule has 1 atom stereocenters. The number of nitrogens with two attached hydrogens (primary N) is 1. The zero-order chi connectivity index (χ0) is 15.0. The third kappa shape index (κ3) is 2.44. The molecule has 2 aromatic rings. The van der Waals surface area contributed by atoms with Crippen molar-refractivity contribution in [3.05, 3.63) is 35.5 Å². The maximum Gasteiger partial charge on any atom is 0.242 e. The minimum absolute atomic E-state index is 0.0697. The smallest absolute Gasteiger partial charge is 0.242 e. The first-order valence-corrected chi connectivity index (χ1v) is 7.69. The van der Waals surface area contributed by atoms with Crippen molar-refractivity contribution >= 4 is 16.8 Å². The van der Waals surface area contributed by atoms with E-state index in [2.05, 4.69) is 24.0 Å². The van der Waals surface area contributed by atoms with E-state index in [1.54, 1.807) is 0 Å². The van der Waals surface area contributed by atoms with Gasteiger partial charge < -0.3 is 15.6 Å². The molecule has 3 rings (SSSR count). The summed E-state index contributed by atoms with van der Waals surface area (Å²) in [6, 6.07) is 8.28. The molecule has 112 valence electrons. The fraction of sp³-hybridized carbons (Fsp3) is 0.471. The first-order chi connectivity index (χ1) is 10.0. The van der Waals surface area contributed by atoms with Gasteiger partial charge in [-0.05, 0) is 19.4 Å². The number of nitrogens with one attached hydrogen (secondary N) is 1. The van der Waals surface area contributed by atoms with Gasteiger partial charge in [0.15, 0.2) is 0 Å². The molecule has 0 saturated heterocycles. The molecule has 21 heavy (non-hydrogen) atoms. The minimum atomic E-state index is -0.752. The van der Waals surface area contributed by atoms with Crippen molar-refractivity contribution in [2.24, 2.45) is 5.73 Å².